The van der Waals surface area contributed by atoms with Crippen molar-refractivity contribution in [1.29, 1.82) is 0 Å². The van der Waals surface area contributed by atoms with Crippen LogP contribution >= 0.6 is 11.6 Å². The molecule has 0 heterocycles. The van der Waals surface area contributed by atoms with Crippen molar-refractivity contribution < 1.29 is 0 Å². The number of fused-ring (bicyclic) bond motifs is 13. The number of rotatable bonds is 4. The summed E-state index contributed by atoms with van der Waals surface area (Å²) in [6, 6.07) is 67.8. The summed E-state index contributed by atoms with van der Waals surface area (Å²) < 4.78 is 0. The van der Waals surface area contributed by atoms with Gasteiger partial charge in [-0.25, -0.2) is 0 Å². The SMILES string of the molecule is CC1(C)c2ccccc2-c2ccc(C(c3ccc(-c4ccccc4)cc3)c3cccc4c3-c3ccc(Cl)cc3C43c4ccccc4-c4ccccc43)cc21. The lowest BCUT2D eigenvalue weighted by atomic mass is 9.70. The third kappa shape index (κ3) is 4.21. The van der Waals surface area contributed by atoms with Gasteiger partial charge in [0.2, 0.25) is 0 Å². The normalized spacial score (nSPS) is 15.2. The summed E-state index contributed by atoms with van der Waals surface area (Å²) in [6.45, 7) is 4.76. The Morgan fingerprint density at radius 3 is 1.63 bits per heavy atom. The molecule has 0 nitrogen and oxygen atoms in total. The Hall–Kier alpha value is -5.95. The first-order chi connectivity index (χ1) is 26.5. The zero-order valence-electron chi connectivity index (χ0n) is 30.3. The highest BCUT2D eigenvalue weighted by atomic mass is 35.5. The second-order valence-corrected chi connectivity index (χ2v) is 16.1. The lowest BCUT2D eigenvalue weighted by Gasteiger charge is -2.31. The van der Waals surface area contributed by atoms with E-state index in [0.717, 1.165) is 5.02 Å². The first-order valence-corrected chi connectivity index (χ1v) is 19.4. The second kappa shape index (κ2) is 11.5. The smallest absolute Gasteiger partial charge is 0.0726 e. The minimum atomic E-state index is -0.470. The minimum absolute atomic E-state index is 0.0137. The summed E-state index contributed by atoms with van der Waals surface area (Å²) >= 11 is 6.96. The van der Waals surface area contributed by atoms with Gasteiger partial charge in [-0.15, -0.1) is 0 Å². The van der Waals surface area contributed by atoms with Gasteiger partial charge in [0.05, 0.1) is 5.41 Å². The van der Waals surface area contributed by atoms with Crippen molar-refractivity contribution in [2.75, 3.05) is 0 Å². The Balaban J connectivity index is 1.19. The van der Waals surface area contributed by atoms with E-state index >= 15 is 0 Å². The monoisotopic (exact) mass is 708 g/mol. The Morgan fingerprint density at radius 1 is 0.389 bits per heavy atom. The first kappa shape index (κ1) is 31.6. The molecular weight excluding hydrogens is 672 g/mol. The molecule has 3 aliphatic rings. The number of hydrogen-bond donors (Lipinski definition) is 0. The van der Waals surface area contributed by atoms with Crippen LogP contribution in [0.25, 0.3) is 44.5 Å². The predicted molar refractivity (Wildman–Crippen MR) is 225 cm³/mol. The van der Waals surface area contributed by atoms with Crippen molar-refractivity contribution >= 4 is 11.6 Å². The van der Waals surface area contributed by atoms with E-state index in [1.807, 2.05) is 0 Å². The van der Waals surface area contributed by atoms with Crippen molar-refractivity contribution in [2.24, 2.45) is 0 Å². The molecule has 1 atom stereocenters. The zero-order valence-corrected chi connectivity index (χ0v) is 31.0. The molecule has 0 aliphatic heterocycles. The van der Waals surface area contributed by atoms with E-state index in [1.54, 1.807) is 0 Å². The van der Waals surface area contributed by atoms with Crippen LogP contribution in [0.4, 0.5) is 0 Å². The highest BCUT2D eigenvalue weighted by Gasteiger charge is 2.52. The fourth-order valence-electron chi connectivity index (χ4n) is 10.4. The van der Waals surface area contributed by atoms with Crippen LogP contribution in [0.3, 0.4) is 0 Å². The molecule has 0 amide bonds. The lowest BCUT2D eigenvalue weighted by Crippen LogP contribution is -2.26. The molecule has 0 fully saturated rings. The Kier molecular flexibility index (Phi) is 6.74. The molecule has 0 radical (unpaired) electrons. The maximum absolute atomic E-state index is 6.96. The Labute approximate surface area is 322 Å². The van der Waals surface area contributed by atoms with Crippen LogP contribution in [-0.4, -0.2) is 0 Å². The molecule has 11 rings (SSSR count). The van der Waals surface area contributed by atoms with Crippen molar-refractivity contribution in [3.8, 4) is 44.5 Å². The maximum atomic E-state index is 6.96. The number of halogens is 1. The van der Waals surface area contributed by atoms with Crippen molar-refractivity contribution in [2.45, 2.75) is 30.6 Å². The van der Waals surface area contributed by atoms with Gasteiger partial charge in [0.15, 0.2) is 0 Å². The first-order valence-electron chi connectivity index (χ1n) is 19.0. The average Bonchev–Trinajstić information content (AvgIpc) is 3.77. The van der Waals surface area contributed by atoms with Gasteiger partial charge < -0.3 is 0 Å². The van der Waals surface area contributed by atoms with E-state index in [4.69, 9.17) is 11.6 Å². The second-order valence-electron chi connectivity index (χ2n) is 15.7. The van der Waals surface area contributed by atoms with Crippen LogP contribution in [0, 0.1) is 0 Å². The zero-order chi connectivity index (χ0) is 36.2. The topological polar surface area (TPSA) is 0 Å². The maximum Gasteiger partial charge on any atom is 0.0726 e. The summed E-state index contributed by atoms with van der Waals surface area (Å²) in [5.41, 5.74) is 21.7. The average molecular weight is 709 g/mol. The fraction of sp³-hybridized carbons (Fsp3) is 0.0943. The standard InChI is InChI=1S/C53H37Cl/c1-52(2)44-19-9-6-15-38(44)41-29-27-36(31-48(41)52)50(35-25-23-34(24-26-35)33-13-4-3-5-14-33)43-18-12-22-47-51(43)42-30-28-37(54)32-49(42)53(47)45-20-10-7-16-39(45)40-17-8-11-21-46(40)53/h3-32,50H,1-2H3. The molecule has 1 unspecified atom stereocenters. The summed E-state index contributed by atoms with van der Waals surface area (Å²) in [5, 5.41) is 0.762. The third-order valence-electron chi connectivity index (χ3n) is 12.7. The fourth-order valence-corrected chi connectivity index (χ4v) is 10.6. The highest BCUT2D eigenvalue weighted by molar-refractivity contribution is 6.30. The van der Waals surface area contributed by atoms with Crippen molar-refractivity contribution in [3.05, 3.63) is 237 Å². The van der Waals surface area contributed by atoms with E-state index in [0.29, 0.717) is 0 Å². The van der Waals surface area contributed by atoms with Gasteiger partial charge in [-0.3, -0.25) is 0 Å². The van der Waals surface area contributed by atoms with Gasteiger partial charge >= 0.3 is 0 Å². The molecule has 0 saturated heterocycles. The molecule has 0 saturated carbocycles. The predicted octanol–water partition coefficient (Wildman–Crippen LogP) is 13.8. The Bertz CT molecular complexity index is 2760. The largest absolute Gasteiger partial charge is 0.0843 e. The molecular formula is C53H37Cl. The molecule has 8 aromatic rings. The minimum Gasteiger partial charge on any atom is -0.0843 e. The molecule has 0 bridgehead atoms. The van der Waals surface area contributed by atoms with Crippen LogP contribution in [0.5, 0.6) is 0 Å². The van der Waals surface area contributed by atoms with Crippen molar-refractivity contribution in [1.82, 2.24) is 0 Å². The van der Waals surface area contributed by atoms with Gasteiger partial charge in [0.1, 0.15) is 0 Å². The number of hydrogen-bond acceptors (Lipinski definition) is 0. The molecule has 256 valence electrons. The molecule has 3 aliphatic carbocycles. The van der Waals surface area contributed by atoms with Crippen LogP contribution in [0.15, 0.2) is 182 Å². The molecule has 0 aromatic heterocycles. The molecule has 1 spiro atoms. The molecule has 54 heavy (non-hydrogen) atoms. The van der Waals surface area contributed by atoms with Gasteiger partial charge in [-0.05, 0) is 107 Å². The summed E-state index contributed by atoms with van der Waals surface area (Å²) in [6.07, 6.45) is 0. The number of benzene rings is 8. The van der Waals surface area contributed by atoms with Gasteiger partial charge in [-0.1, -0.05) is 195 Å². The van der Waals surface area contributed by atoms with Crippen LogP contribution < -0.4 is 0 Å². The van der Waals surface area contributed by atoms with E-state index in [9.17, 15) is 0 Å². The third-order valence-corrected chi connectivity index (χ3v) is 12.9. The van der Waals surface area contributed by atoms with Gasteiger partial charge in [0, 0.05) is 16.4 Å². The quantitative estimate of drug-likeness (QED) is 0.160. The van der Waals surface area contributed by atoms with E-state index < -0.39 is 5.41 Å². The van der Waals surface area contributed by atoms with Gasteiger partial charge in [-0.2, -0.15) is 0 Å². The van der Waals surface area contributed by atoms with Crippen LogP contribution in [0.1, 0.15) is 69.8 Å². The highest BCUT2D eigenvalue weighted by Crippen LogP contribution is 2.64. The molecule has 8 aromatic carbocycles. The molecule has 0 N–H and O–H groups in total. The van der Waals surface area contributed by atoms with E-state index in [-0.39, 0.29) is 11.3 Å². The lowest BCUT2D eigenvalue weighted by molar-refractivity contribution is 0.659. The summed E-state index contributed by atoms with van der Waals surface area (Å²) in [4.78, 5) is 0. The summed E-state index contributed by atoms with van der Waals surface area (Å²) in [5.74, 6) is -0.0137. The van der Waals surface area contributed by atoms with Crippen molar-refractivity contribution in [3.63, 3.8) is 0 Å². The van der Waals surface area contributed by atoms with Crippen LogP contribution in [-0.2, 0) is 10.8 Å². The van der Waals surface area contributed by atoms with Gasteiger partial charge in [0.25, 0.3) is 0 Å². The Morgan fingerprint density at radius 2 is 0.926 bits per heavy atom. The summed E-state index contributed by atoms with van der Waals surface area (Å²) in [7, 11) is 0. The molecule has 1 heteroatoms. The van der Waals surface area contributed by atoms with Crippen LogP contribution in [0.2, 0.25) is 5.02 Å². The van der Waals surface area contributed by atoms with E-state index in [1.165, 1.54) is 94.6 Å². The van der Waals surface area contributed by atoms with E-state index in [2.05, 4.69) is 196 Å².